The highest BCUT2D eigenvalue weighted by molar-refractivity contribution is 6.37. The molecule has 0 saturated carbocycles. The van der Waals surface area contributed by atoms with Gasteiger partial charge in [-0.15, -0.1) is 0 Å². The van der Waals surface area contributed by atoms with Crippen LogP contribution < -0.4 is 5.32 Å². The average Bonchev–Trinajstić information content (AvgIpc) is 2.83. The van der Waals surface area contributed by atoms with E-state index in [1.54, 1.807) is 12.1 Å². The first kappa shape index (κ1) is 20.2. The quantitative estimate of drug-likeness (QED) is 0.714. The van der Waals surface area contributed by atoms with Gasteiger partial charge in [0.05, 0.1) is 5.57 Å². The van der Waals surface area contributed by atoms with Crippen molar-refractivity contribution >= 4 is 34.7 Å². The number of anilines is 1. The van der Waals surface area contributed by atoms with Gasteiger partial charge in [0.2, 0.25) is 0 Å². The smallest absolute Gasteiger partial charge is 0.278 e. The number of nitrogens with one attached hydrogen (secondary N) is 1. The summed E-state index contributed by atoms with van der Waals surface area (Å²) in [4.78, 5) is 27.7. The normalized spacial score (nSPS) is 14.5. The van der Waals surface area contributed by atoms with Gasteiger partial charge in [0.15, 0.2) is 0 Å². The van der Waals surface area contributed by atoms with Gasteiger partial charge in [0, 0.05) is 17.3 Å². The SMILES string of the molecule is Cc1ccc(C2=C(Nc3cc(Cl)ccc3C)C(=O)N(CC(C)C)C2=O)c(C)c1. The van der Waals surface area contributed by atoms with Gasteiger partial charge in [-0.05, 0) is 55.5 Å². The zero-order chi connectivity index (χ0) is 20.6. The van der Waals surface area contributed by atoms with Crippen LogP contribution in [0.3, 0.4) is 0 Å². The molecule has 1 heterocycles. The zero-order valence-corrected chi connectivity index (χ0v) is 17.6. The first-order valence-corrected chi connectivity index (χ1v) is 9.78. The van der Waals surface area contributed by atoms with Crippen LogP contribution in [-0.4, -0.2) is 23.3 Å². The molecule has 0 saturated heterocycles. The predicted molar refractivity (Wildman–Crippen MR) is 114 cm³/mol. The molecule has 0 bridgehead atoms. The average molecular weight is 397 g/mol. The molecular weight excluding hydrogens is 372 g/mol. The fourth-order valence-electron chi connectivity index (χ4n) is 3.43. The lowest BCUT2D eigenvalue weighted by Crippen LogP contribution is -2.35. The Morgan fingerprint density at radius 3 is 2.32 bits per heavy atom. The van der Waals surface area contributed by atoms with Crippen LogP contribution in [0, 0.1) is 26.7 Å². The van der Waals surface area contributed by atoms with E-state index in [0.717, 1.165) is 27.9 Å². The summed E-state index contributed by atoms with van der Waals surface area (Å²) in [5.41, 5.74) is 5.24. The maximum atomic E-state index is 13.2. The van der Waals surface area contributed by atoms with Gasteiger partial charge in [0.1, 0.15) is 5.70 Å². The van der Waals surface area contributed by atoms with Gasteiger partial charge in [-0.25, -0.2) is 0 Å². The Balaban J connectivity index is 2.15. The first-order chi connectivity index (χ1) is 13.2. The molecule has 1 N–H and O–H groups in total. The Kier molecular flexibility index (Phi) is 5.61. The van der Waals surface area contributed by atoms with E-state index in [-0.39, 0.29) is 17.7 Å². The predicted octanol–water partition coefficient (Wildman–Crippen LogP) is 5.11. The summed E-state index contributed by atoms with van der Waals surface area (Å²) in [7, 11) is 0. The summed E-state index contributed by atoms with van der Waals surface area (Å²) < 4.78 is 0. The topological polar surface area (TPSA) is 49.4 Å². The molecule has 1 aliphatic rings. The highest BCUT2D eigenvalue weighted by Crippen LogP contribution is 2.34. The van der Waals surface area contributed by atoms with Crippen LogP contribution in [0.1, 0.15) is 36.1 Å². The Hall–Kier alpha value is -2.59. The molecule has 1 aliphatic heterocycles. The molecule has 2 aromatic rings. The molecule has 0 aromatic heterocycles. The molecule has 146 valence electrons. The molecule has 0 unspecified atom stereocenters. The Bertz CT molecular complexity index is 992. The Morgan fingerprint density at radius 1 is 0.964 bits per heavy atom. The van der Waals surface area contributed by atoms with E-state index >= 15 is 0 Å². The summed E-state index contributed by atoms with van der Waals surface area (Å²) in [6.07, 6.45) is 0. The largest absolute Gasteiger partial charge is 0.350 e. The number of rotatable bonds is 5. The molecule has 2 aromatic carbocycles. The third-order valence-corrected chi connectivity index (χ3v) is 5.06. The Labute approximate surface area is 171 Å². The second-order valence-corrected chi connectivity index (χ2v) is 8.20. The van der Waals surface area contributed by atoms with E-state index in [4.69, 9.17) is 11.6 Å². The van der Waals surface area contributed by atoms with Crippen molar-refractivity contribution in [1.29, 1.82) is 0 Å². The van der Waals surface area contributed by atoms with Crippen LogP contribution in [0.4, 0.5) is 5.69 Å². The van der Waals surface area contributed by atoms with E-state index in [0.29, 0.717) is 22.8 Å². The van der Waals surface area contributed by atoms with Crippen molar-refractivity contribution in [3.8, 4) is 0 Å². The zero-order valence-electron chi connectivity index (χ0n) is 16.9. The van der Waals surface area contributed by atoms with E-state index in [2.05, 4.69) is 5.32 Å². The van der Waals surface area contributed by atoms with E-state index in [1.807, 2.05) is 58.9 Å². The summed E-state index contributed by atoms with van der Waals surface area (Å²) in [6, 6.07) is 11.3. The number of amides is 2. The summed E-state index contributed by atoms with van der Waals surface area (Å²) >= 11 is 6.14. The monoisotopic (exact) mass is 396 g/mol. The van der Waals surface area contributed by atoms with Crippen molar-refractivity contribution in [2.75, 3.05) is 11.9 Å². The summed E-state index contributed by atoms with van der Waals surface area (Å²) in [6.45, 7) is 10.3. The lowest BCUT2D eigenvalue weighted by Gasteiger charge is -2.17. The van der Waals surface area contributed by atoms with Gasteiger partial charge in [-0.1, -0.05) is 55.3 Å². The van der Waals surface area contributed by atoms with Gasteiger partial charge in [-0.2, -0.15) is 0 Å². The third kappa shape index (κ3) is 3.83. The van der Waals surface area contributed by atoms with Crippen molar-refractivity contribution in [3.63, 3.8) is 0 Å². The number of benzene rings is 2. The van der Waals surface area contributed by atoms with Crippen LogP contribution in [0.15, 0.2) is 42.1 Å². The van der Waals surface area contributed by atoms with Crippen molar-refractivity contribution in [2.45, 2.75) is 34.6 Å². The summed E-state index contributed by atoms with van der Waals surface area (Å²) in [5, 5.41) is 3.77. The number of halogens is 1. The molecule has 0 radical (unpaired) electrons. The molecule has 0 atom stereocenters. The van der Waals surface area contributed by atoms with Crippen LogP contribution in [-0.2, 0) is 9.59 Å². The van der Waals surface area contributed by atoms with E-state index in [1.165, 1.54) is 4.90 Å². The fraction of sp³-hybridized carbons (Fsp3) is 0.304. The number of imide groups is 1. The standard InChI is InChI=1S/C23H25ClN2O2/c1-13(2)12-26-22(27)20(18-9-6-14(3)10-16(18)5)21(23(26)28)25-19-11-17(24)8-7-15(19)4/h6-11,13,25H,12H2,1-5H3. The second-order valence-electron chi connectivity index (χ2n) is 7.77. The van der Waals surface area contributed by atoms with Gasteiger partial charge < -0.3 is 5.32 Å². The minimum Gasteiger partial charge on any atom is -0.350 e. The molecule has 5 heteroatoms. The number of hydrogen-bond acceptors (Lipinski definition) is 3. The molecule has 28 heavy (non-hydrogen) atoms. The van der Waals surface area contributed by atoms with Gasteiger partial charge in [-0.3, -0.25) is 14.5 Å². The van der Waals surface area contributed by atoms with Crippen molar-refractivity contribution < 1.29 is 9.59 Å². The molecular formula is C23H25ClN2O2. The van der Waals surface area contributed by atoms with E-state index in [9.17, 15) is 9.59 Å². The first-order valence-electron chi connectivity index (χ1n) is 9.40. The molecule has 0 spiro atoms. The van der Waals surface area contributed by atoms with Crippen LogP contribution in [0.25, 0.3) is 5.57 Å². The second kappa shape index (κ2) is 7.80. The highest BCUT2D eigenvalue weighted by atomic mass is 35.5. The lowest BCUT2D eigenvalue weighted by atomic mass is 9.97. The van der Waals surface area contributed by atoms with Crippen LogP contribution in [0.2, 0.25) is 5.02 Å². The number of hydrogen-bond donors (Lipinski definition) is 1. The van der Waals surface area contributed by atoms with Crippen LogP contribution in [0.5, 0.6) is 0 Å². The van der Waals surface area contributed by atoms with Crippen LogP contribution >= 0.6 is 11.6 Å². The highest BCUT2D eigenvalue weighted by Gasteiger charge is 2.39. The van der Waals surface area contributed by atoms with Gasteiger partial charge >= 0.3 is 0 Å². The maximum Gasteiger partial charge on any atom is 0.278 e. The van der Waals surface area contributed by atoms with Gasteiger partial charge in [0.25, 0.3) is 11.8 Å². The minimum atomic E-state index is -0.298. The molecule has 2 amide bonds. The van der Waals surface area contributed by atoms with Crippen molar-refractivity contribution in [1.82, 2.24) is 4.90 Å². The van der Waals surface area contributed by atoms with Crippen molar-refractivity contribution in [3.05, 3.63) is 69.4 Å². The van der Waals surface area contributed by atoms with E-state index < -0.39 is 0 Å². The number of nitrogens with zero attached hydrogens (tertiary/aromatic N) is 1. The molecule has 0 aliphatic carbocycles. The minimum absolute atomic E-state index is 0.181. The van der Waals surface area contributed by atoms with Crippen molar-refractivity contribution in [2.24, 2.45) is 5.92 Å². The third-order valence-electron chi connectivity index (χ3n) is 4.83. The number of aryl methyl sites for hydroxylation is 3. The molecule has 4 nitrogen and oxygen atoms in total. The Morgan fingerprint density at radius 2 is 1.68 bits per heavy atom. The number of carbonyl (C=O) groups is 2. The maximum absolute atomic E-state index is 13.2. The summed E-state index contributed by atoms with van der Waals surface area (Å²) in [5.74, 6) is -0.374. The lowest BCUT2D eigenvalue weighted by molar-refractivity contribution is -0.137. The fourth-order valence-corrected chi connectivity index (χ4v) is 3.60. The molecule has 0 fully saturated rings. The molecule has 3 rings (SSSR count). The number of carbonyl (C=O) groups excluding carboxylic acids is 2.